The quantitative estimate of drug-likeness (QED) is 0.720. The number of hydrogen-bond donors (Lipinski definition) is 2. The van der Waals surface area contributed by atoms with Crippen molar-refractivity contribution in [1.29, 1.82) is 0 Å². The van der Waals surface area contributed by atoms with E-state index in [-0.39, 0.29) is 28.6 Å². The van der Waals surface area contributed by atoms with Gasteiger partial charge in [0.1, 0.15) is 11.4 Å². The number of carbonyl (C=O) groups excluding carboxylic acids is 3. The van der Waals surface area contributed by atoms with E-state index in [0.717, 1.165) is 6.07 Å². The van der Waals surface area contributed by atoms with Crippen molar-refractivity contribution >= 4 is 23.4 Å². The molecular weight excluding hydrogens is 403 g/mol. The normalized spacial score (nSPS) is 14.2. The van der Waals surface area contributed by atoms with Crippen molar-refractivity contribution in [3.8, 4) is 0 Å². The highest BCUT2D eigenvalue weighted by Gasteiger charge is 2.26. The Bertz CT molecular complexity index is 1060. The number of pyridine rings is 1. The van der Waals surface area contributed by atoms with Crippen molar-refractivity contribution < 1.29 is 18.8 Å². The lowest BCUT2D eigenvalue weighted by Crippen LogP contribution is -2.44. The summed E-state index contributed by atoms with van der Waals surface area (Å²) in [6.45, 7) is 2.83. The van der Waals surface area contributed by atoms with E-state index in [1.54, 1.807) is 31.1 Å². The maximum atomic E-state index is 13.6. The van der Waals surface area contributed by atoms with E-state index in [1.165, 1.54) is 22.8 Å². The average Bonchev–Trinajstić information content (AvgIpc) is 2.76. The van der Waals surface area contributed by atoms with Gasteiger partial charge in [-0.1, -0.05) is 6.07 Å². The molecule has 0 atom stereocenters. The molecule has 2 N–H and O–H groups in total. The first-order valence-corrected chi connectivity index (χ1v) is 10.1. The van der Waals surface area contributed by atoms with Crippen molar-refractivity contribution in [2.24, 2.45) is 13.0 Å². The predicted octanol–water partition coefficient (Wildman–Crippen LogP) is 1.44. The maximum Gasteiger partial charge on any atom is 0.313 e. The molecule has 3 amide bonds. The number of amides is 3. The summed E-state index contributed by atoms with van der Waals surface area (Å²) in [4.78, 5) is 50.4. The lowest BCUT2D eigenvalue weighted by atomic mass is 9.96. The monoisotopic (exact) mass is 428 g/mol. The summed E-state index contributed by atoms with van der Waals surface area (Å²) in [6.07, 6.45) is 2.88. The second-order valence-corrected chi connectivity index (χ2v) is 7.70. The molecule has 0 bridgehead atoms. The molecule has 3 rings (SSSR count). The van der Waals surface area contributed by atoms with Crippen LogP contribution >= 0.6 is 0 Å². The minimum Gasteiger partial charge on any atom is -0.348 e. The molecule has 2 heterocycles. The van der Waals surface area contributed by atoms with E-state index in [0.29, 0.717) is 38.0 Å². The third-order valence-electron chi connectivity index (χ3n) is 5.44. The highest BCUT2D eigenvalue weighted by Crippen LogP contribution is 2.18. The molecule has 1 saturated heterocycles. The second kappa shape index (κ2) is 9.55. The van der Waals surface area contributed by atoms with Gasteiger partial charge in [-0.3, -0.25) is 19.2 Å². The molecule has 9 heteroatoms. The van der Waals surface area contributed by atoms with Gasteiger partial charge in [0.15, 0.2) is 0 Å². The molecule has 1 fully saturated rings. The van der Waals surface area contributed by atoms with E-state index in [2.05, 4.69) is 10.6 Å². The predicted molar refractivity (Wildman–Crippen MR) is 113 cm³/mol. The number of benzene rings is 1. The summed E-state index contributed by atoms with van der Waals surface area (Å²) in [6, 6.07) is 7.38. The molecule has 1 aliphatic heterocycles. The highest BCUT2D eigenvalue weighted by molar-refractivity contribution is 6.39. The Morgan fingerprint density at radius 2 is 1.84 bits per heavy atom. The van der Waals surface area contributed by atoms with E-state index < -0.39 is 17.6 Å². The van der Waals surface area contributed by atoms with Crippen LogP contribution in [0.4, 0.5) is 10.1 Å². The molecule has 0 unspecified atom stereocenters. The standard InChI is InChI=1S/C22H25FN4O4/c1-14-5-6-16(12-18(14)23)25-20(29)19(28)24-13-15-7-10-27(11-8-15)22(31)17-4-3-9-26(2)21(17)30/h3-6,9,12,15H,7-8,10-11,13H2,1-2H3,(H,24,28)(H,25,29). The van der Waals surface area contributed by atoms with Crippen LogP contribution in [-0.2, 0) is 16.6 Å². The van der Waals surface area contributed by atoms with Gasteiger partial charge in [-0.15, -0.1) is 0 Å². The minimum atomic E-state index is -0.865. The summed E-state index contributed by atoms with van der Waals surface area (Å²) in [5, 5.41) is 4.96. The minimum absolute atomic E-state index is 0.108. The van der Waals surface area contributed by atoms with Crippen LogP contribution < -0.4 is 16.2 Å². The van der Waals surface area contributed by atoms with Gasteiger partial charge in [-0.25, -0.2) is 4.39 Å². The summed E-state index contributed by atoms with van der Waals surface area (Å²) < 4.78 is 14.9. The number of aromatic nitrogens is 1. The van der Waals surface area contributed by atoms with E-state index in [9.17, 15) is 23.6 Å². The zero-order chi connectivity index (χ0) is 22.5. The first-order chi connectivity index (χ1) is 14.8. The Kier molecular flexibility index (Phi) is 6.84. The smallest absolute Gasteiger partial charge is 0.313 e. The van der Waals surface area contributed by atoms with Crippen LogP contribution in [-0.4, -0.2) is 46.8 Å². The van der Waals surface area contributed by atoms with Crippen molar-refractivity contribution in [1.82, 2.24) is 14.8 Å². The van der Waals surface area contributed by atoms with Crippen LogP contribution in [0.25, 0.3) is 0 Å². The molecule has 1 aromatic carbocycles. The molecule has 0 spiro atoms. The lowest BCUT2D eigenvalue weighted by Gasteiger charge is -2.32. The second-order valence-electron chi connectivity index (χ2n) is 7.70. The van der Waals surface area contributed by atoms with Crippen LogP contribution in [0.15, 0.2) is 41.3 Å². The molecule has 0 radical (unpaired) electrons. The molecule has 0 saturated carbocycles. The van der Waals surface area contributed by atoms with Gasteiger partial charge in [0, 0.05) is 38.6 Å². The van der Waals surface area contributed by atoms with E-state index in [4.69, 9.17) is 0 Å². The summed E-state index contributed by atoms with van der Waals surface area (Å²) in [5.41, 5.74) is 0.462. The fourth-order valence-electron chi connectivity index (χ4n) is 3.45. The van der Waals surface area contributed by atoms with Crippen LogP contribution in [0.5, 0.6) is 0 Å². The Morgan fingerprint density at radius 1 is 1.13 bits per heavy atom. The molecule has 31 heavy (non-hydrogen) atoms. The molecule has 164 valence electrons. The van der Waals surface area contributed by atoms with Crippen molar-refractivity contribution in [3.05, 3.63) is 63.8 Å². The van der Waals surface area contributed by atoms with Crippen LogP contribution in [0.1, 0.15) is 28.8 Å². The lowest BCUT2D eigenvalue weighted by molar-refractivity contribution is -0.136. The van der Waals surface area contributed by atoms with Crippen LogP contribution in [0, 0.1) is 18.7 Å². The van der Waals surface area contributed by atoms with Gasteiger partial charge < -0.3 is 20.1 Å². The number of halogens is 1. The zero-order valence-electron chi connectivity index (χ0n) is 17.5. The maximum absolute atomic E-state index is 13.6. The number of rotatable bonds is 4. The van der Waals surface area contributed by atoms with Crippen molar-refractivity contribution in [2.45, 2.75) is 19.8 Å². The Hall–Kier alpha value is -3.49. The van der Waals surface area contributed by atoms with E-state index >= 15 is 0 Å². The van der Waals surface area contributed by atoms with Crippen molar-refractivity contribution in [3.63, 3.8) is 0 Å². The number of hydrogen-bond acceptors (Lipinski definition) is 4. The van der Waals surface area contributed by atoms with Gasteiger partial charge in [0.2, 0.25) is 0 Å². The first-order valence-electron chi connectivity index (χ1n) is 10.1. The number of nitrogens with one attached hydrogen (secondary N) is 2. The largest absolute Gasteiger partial charge is 0.348 e. The number of likely N-dealkylation sites (tertiary alicyclic amines) is 1. The molecule has 0 aliphatic carbocycles. The number of piperidine rings is 1. The summed E-state index contributed by atoms with van der Waals surface area (Å²) in [5.74, 6) is -2.32. The highest BCUT2D eigenvalue weighted by atomic mass is 19.1. The van der Waals surface area contributed by atoms with Gasteiger partial charge in [-0.05, 0) is 55.5 Å². The fraction of sp³-hybridized carbons (Fsp3) is 0.364. The van der Waals surface area contributed by atoms with Crippen molar-refractivity contribution in [2.75, 3.05) is 25.0 Å². The first kappa shape index (κ1) is 22.2. The molecule has 1 aliphatic rings. The number of carbonyl (C=O) groups is 3. The van der Waals surface area contributed by atoms with Gasteiger partial charge in [-0.2, -0.15) is 0 Å². The topological polar surface area (TPSA) is 101 Å². The Balaban J connectivity index is 1.46. The molecule has 1 aromatic heterocycles. The van der Waals surface area contributed by atoms with Gasteiger partial charge >= 0.3 is 11.8 Å². The average molecular weight is 428 g/mol. The van der Waals surface area contributed by atoms with Gasteiger partial charge in [0.25, 0.3) is 11.5 Å². The van der Waals surface area contributed by atoms with Crippen LogP contribution in [0.2, 0.25) is 0 Å². The van der Waals surface area contributed by atoms with E-state index in [1.807, 2.05) is 0 Å². The number of anilines is 1. The third kappa shape index (κ3) is 5.36. The summed E-state index contributed by atoms with van der Waals surface area (Å²) in [7, 11) is 1.60. The molecule has 2 aromatic rings. The summed E-state index contributed by atoms with van der Waals surface area (Å²) >= 11 is 0. The zero-order valence-corrected chi connectivity index (χ0v) is 17.5. The van der Waals surface area contributed by atoms with Crippen LogP contribution in [0.3, 0.4) is 0 Å². The third-order valence-corrected chi connectivity index (χ3v) is 5.44. The van der Waals surface area contributed by atoms with Gasteiger partial charge in [0.05, 0.1) is 0 Å². The fourth-order valence-corrected chi connectivity index (χ4v) is 3.45. The number of aryl methyl sites for hydroxylation is 2. The molecule has 8 nitrogen and oxygen atoms in total. The number of nitrogens with zero attached hydrogens (tertiary/aromatic N) is 2. The Morgan fingerprint density at radius 3 is 2.52 bits per heavy atom. The molecular formula is C22H25FN4O4. The Labute approximate surface area is 179 Å². The SMILES string of the molecule is Cc1ccc(NC(=O)C(=O)NCC2CCN(C(=O)c3cccn(C)c3=O)CC2)cc1F.